The number of benzene rings is 1. The molecule has 8 nitrogen and oxygen atoms in total. The highest BCUT2D eigenvalue weighted by atomic mass is 16.5. The number of rotatable bonds is 4. The fourth-order valence-electron chi connectivity index (χ4n) is 3.52. The second-order valence-corrected chi connectivity index (χ2v) is 6.66. The lowest BCUT2D eigenvalue weighted by atomic mass is 10.1. The van der Waals surface area contributed by atoms with Crippen molar-refractivity contribution in [3.8, 4) is 5.82 Å². The Morgan fingerprint density at radius 3 is 2.86 bits per heavy atom. The smallest absolute Gasteiger partial charge is 0.267 e. The molecule has 2 unspecified atom stereocenters. The minimum atomic E-state index is -0.227. The van der Waals surface area contributed by atoms with Crippen LogP contribution in [0.5, 0.6) is 0 Å². The first-order chi connectivity index (χ1) is 13.8. The Morgan fingerprint density at radius 1 is 1.04 bits per heavy atom. The van der Waals surface area contributed by atoms with Crippen molar-refractivity contribution in [1.29, 1.82) is 0 Å². The van der Waals surface area contributed by atoms with Gasteiger partial charge in [-0.2, -0.15) is 5.10 Å². The summed E-state index contributed by atoms with van der Waals surface area (Å²) in [6, 6.07) is 14.6. The van der Waals surface area contributed by atoms with Crippen molar-refractivity contribution >= 4 is 16.6 Å². The molecule has 1 N–H and O–H groups in total. The summed E-state index contributed by atoms with van der Waals surface area (Å²) in [6.07, 6.45) is 5.24. The Bertz CT molecular complexity index is 1170. The van der Waals surface area contributed by atoms with Gasteiger partial charge in [0, 0.05) is 35.7 Å². The monoisotopic (exact) mass is 374 g/mol. The molecule has 1 fully saturated rings. The van der Waals surface area contributed by atoms with Crippen LogP contribution in [0.2, 0.25) is 0 Å². The molecule has 8 heteroatoms. The van der Waals surface area contributed by atoms with Crippen LogP contribution in [0.15, 0.2) is 71.9 Å². The third-order valence-corrected chi connectivity index (χ3v) is 4.90. The molecule has 0 aliphatic carbocycles. The quantitative estimate of drug-likeness (QED) is 0.588. The van der Waals surface area contributed by atoms with Gasteiger partial charge in [-0.25, -0.2) is 9.36 Å². The largest absolute Gasteiger partial charge is 0.377 e. The highest BCUT2D eigenvalue weighted by Gasteiger charge is 2.32. The zero-order valence-corrected chi connectivity index (χ0v) is 15.0. The van der Waals surface area contributed by atoms with Crippen LogP contribution in [0.4, 0.5) is 5.69 Å². The van der Waals surface area contributed by atoms with E-state index in [1.54, 1.807) is 29.3 Å². The number of nitrogens with one attached hydrogen (secondary N) is 1. The summed E-state index contributed by atoms with van der Waals surface area (Å²) in [5, 5.41) is 13.3. The van der Waals surface area contributed by atoms with Crippen LogP contribution in [0.1, 0.15) is 6.04 Å². The number of nitrogens with zero attached hydrogens (tertiary/aromatic N) is 5. The van der Waals surface area contributed by atoms with E-state index < -0.39 is 0 Å². The van der Waals surface area contributed by atoms with Gasteiger partial charge in [-0.05, 0) is 24.3 Å². The number of ether oxygens (including phenoxy) is 1. The van der Waals surface area contributed by atoms with Crippen LogP contribution in [-0.2, 0) is 4.74 Å². The van der Waals surface area contributed by atoms with E-state index in [2.05, 4.69) is 20.5 Å². The number of para-hydroxylation sites is 1. The summed E-state index contributed by atoms with van der Waals surface area (Å²) >= 11 is 0. The van der Waals surface area contributed by atoms with Gasteiger partial charge < -0.3 is 10.1 Å². The molecular formula is C20H18N6O2. The highest BCUT2D eigenvalue weighted by Crippen LogP contribution is 2.26. The van der Waals surface area contributed by atoms with Gasteiger partial charge in [0.1, 0.15) is 6.04 Å². The first kappa shape index (κ1) is 16.6. The van der Waals surface area contributed by atoms with Gasteiger partial charge in [0.2, 0.25) is 0 Å². The van der Waals surface area contributed by atoms with Gasteiger partial charge >= 0.3 is 0 Å². The van der Waals surface area contributed by atoms with E-state index in [1.165, 1.54) is 10.7 Å². The van der Waals surface area contributed by atoms with Crippen LogP contribution in [-0.4, -0.2) is 43.8 Å². The van der Waals surface area contributed by atoms with Gasteiger partial charge in [0.25, 0.3) is 5.56 Å². The Kier molecular flexibility index (Phi) is 4.10. The fraction of sp³-hybridized carbons (Fsp3) is 0.200. The third-order valence-electron chi connectivity index (χ3n) is 4.90. The summed E-state index contributed by atoms with van der Waals surface area (Å²) < 4.78 is 8.81. The van der Waals surface area contributed by atoms with E-state index in [9.17, 15) is 4.79 Å². The van der Waals surface area contributed by atoms with Crippen molar-refractivity contribution in [1.82, 2.24) is 24.5 Å². The van der Waals surface area contributed by atoms with E-state index in [0.29, 0.717) is 19.0 Å². The molecule has 4 aromatic rings. The van der Waals surface area contributed by atoms with Crippen LogP contribution in [0.25, 0.3) is 16.7 Å². The second-order valence-electron chi connectivity index (χ2n) is 6.66. The van der Waals surface area contributed by atoms with Crippen molar-refractivity contribution in [2.45, 2.75) is 12.1 Å². The molecule has 1 aliphatic heterocycles. The van der Waals surface area contributed by atoms with Crippen molar-refractivity contribution < 1.29 is 4.74 Å². The molecule has 4 heterocycles. The number of fused-ring (bicyclic) bond motifs is 1. The molecule has 28 heavy (non-hydrogen) atoms. The van der Waals surface area contributed by atoms with Gasteiger partial charge in [-0.1, -0.05) is 18.2 Å². The zero-order valence-electron chi connectivity index (χ0n) is 15.0. The number of pyridine rings is 1. The lowest BCUT2D eigenvalue weighted by molar-refractivity contribution is 0.182. The summed E-state index contributed by atoms with van der Waals surface area (Å²) in [5.74, 6) is 0.588. The molecular weight excluding hydrogens is 356 g/mol. The van der Waals surface area contributed by atoms with Gasteiger partial charge in [-0.3, -0.25) is 9.78 Å². The highest BCUT2D eigenvalue weighted by molar-refractivity contribution is 5.91. The number of anilines is 1. The van der Waals surface area contributed by atoms with Gasteiger partial charge in [0.05, 0.1) is 24.8 Å². The topological polar surface area (TPSA) is 86.9 Å². The normalized spacial score (nSPS) is 19.1. The predicted octanol–water partition coefficient (Wildman–Crippen LogP) is 2.03. The zero-order chi connectivity index (χ0) is 18.9. The number of aromatic nitrogens is 5. The van der Waals surface area contributed by atoms with Crippen molar-refractivity contribution in [3.05, 3.63) is 77.5 Å². The SMILES string of the molecule is O=c1ccc(-n2cccn2)nn1C1COCC1Nc1ccnc2ccccc12. The number of hydrogen-bond donors (Lipinski definition) is 1. The first-order valence-electron chi connectivity index (χ1n) is 9.07. The second kappa shape index (κ2) is 6.90. The lowest BCUT2D eigenvalue weighted by Gasteiger charge is -2.22. The molecule has 1 aliphatic rings. The standard InChI is InChI=1S/C20H18N6O2/c27-20-7-6-19(25-11-3-9-22-25)24-26(20)18-13-28-12-17(18)23-16-8-10-21-15-5-2-1-4-14(15)16/h1-11,17-18H,12-13H2,(H,21,23). The van der Waals surface area contributed by atoms with Crippen molar-refractivity contribution in [2.24, 2.45) is 0 Å². The maximum Gasteiger partial charge on any atom is 0.267 e. The van der Waals surface area contributed by atoms with E-state index >= 15 is 0 Å². The molecule has 2 atom stereocenters. The Labute approximate surface area is 160 Å². The lowest BCUT2D eigenvalue weighted by Crippen LogP contribution is -2.37. The van der Waals surface area contributed by atoms with Crippen LogP contribution in [0, 0.1) is 0 Å². The van der Waals surface area contributed by atoms with E-state index in [4.69, 9.17) is 4.74 Å². The average Bonchev–Trinajstić information content (AvgIpc) is 3.41. The molecule has 5 rings (SSSR count). The molecule has 0 amide bonds. The minimum absolute atomic E-state index is 0.0936. The maximum atomic E-state index is 12.5. The summed E-state index contributed by atoms with van der Waals surface area (Å²) in [4.78, 5) is 16.9. The summed E-state index contributed by atoms with van der Waals surface area (Å²) in [6.45, 7) is 0.900. The van der Waals surface area contributed by atoms with E-state index in [0.717, 1.165) is 16.6 Å². The fourth-order valence-corrected chi connectivity index (χ4v) is 3.52. The third kappa shape index (κ3) is 2.93. The van der Waals surface area contributed by atoms with Crippen molar-refractivity contribution in [2.75, 3.05) is 18.5 Å². The van der Waals surface area contributed by atoms with E-state index in [-0.39, 0.29) is 17.6 Å². The van der Waals surface area contributed by atoms with Crippen LogP contribution < -0.4 is 10.9 Å². The Hall–Kier alpha value is -3.52. The molecule has 140 valence electrons. The summed E-state index contributed by atoms with van der Waals surface area (Å²) in [7, 11) is 0. The molecule has 0 saturated carbocycles. The Balaban J connectivity index is 1.49. The van der Waals surface area contributed by atoms with E-state index in [1.807, 2.05) is 36.4 Å². The molecule has 0 bridgehead atoms. The van der Waals surface area contributed by atoms with Crippen LogP contribution >= 0.6 is 0 Å². The minimum Gasteiger partial charge on any atom is -0.377 e. The molecule has 1 saturated heterocycles. The van der Waals surface area contributed by atoms with Gasteiger partial charge in [0.15, 0.2) is 5.82 Å². The number of hydrogen-bond acceptors (Lipinski definition) is 6. The molecule has 3 aromatic heterocycles. The molecule has 1 aromatic carbocycles. The van der Waals surface area contributed by atoms with Crippen molar-refractivity contribution in [3.63, 3.8) is 0 Å². The molecule has 0 spiro atoms. The maximum absolute atomic E-state index is 12.5. The Morgan fingerprint density at radius 2 is 1.96 bits per heavy atom. The first-order valence-corrected chi connectivity index (χ1v) is 9.07. The molecule has 0 radical (unpaired) electrons. The summed E-state index contributed by atoms with van der Waals surface area (Å²) in [5.41, 5.74) is 1.71. The van der Waals surface area contributed by atoms with Gasteiger partial charge in [-0.15, -0.1) is 5.10 Å². The predicted molar refractivity (Wildman–Crippen MR) is 105 cm³/mol. The van der Waals surface area contributed by atoms with Crippen LogP contribution in [0.3, 0.4) is 0 Å². The average molecular weight is 374 g/mol.